The number of ether oxygens (including phenoxy) is 1. The summed E-state index contributed by atoms with van der Waals surface area (Å²) in [5, 5.41) is 8.45. The van der Waals surface area contributed by atoms with Crippen LogP contribution in [0.15, 0.2) is 72.9 Å². The minimum atomic E-state index is 0.0335. The van der Waals surface area contributed by atoms with E-state index in [1.54, 1.807) is 13.3 Å². The first-order chi connectivity index (χ1) is 21.5. The van der Waals surface area contributed by atoms with Crippen molar-refractivity contribution in [2.75, 3.05) is 63.6 Å². The topological polar surface area (TPSA) is 73.0 Å². The predicted octanol–water partition coefficient (Wildman–Crippen LogP) is 6.38. The molecule has 3 heterocycles. The third kappa shape index (κ3) is 8.07. The number of pyridine rings is 1. The van der Waals surface area contributed by atoms with Crippen LogP contribution >= 0.6 is 11.6 Å². The van der Waals surface area contributed by atoms with Crippen LogP contribution < -0.4 is 15.4 Å². The second-order valence-corrected chi connectivity index (χ2v) is 12.3. The van der Waals surface area contributed by atoms with Gasteiger partial charge in [0.1, 0.15) is 5.75 Å². The Morgan fingerprint density at radius 1 is 0.795 bits per heavy atom. The molecule has 2 aliphatic rings. The first-order valence-electron chi connectivity index (χ1n) is 15.6. The number of nitrogens with zero attached hydrogens (tertiary/aromatic N) is 4. The first kappa shape index (κ1) is 30.3. The number of amides is 1. The molecule has 0 unspecified atom stereocenters. The van der Waals surface area contributed by atoms with Gasteiger partial charge in [-0.2, -0.15) is 0 Å². The van der Waals surface area contributed by atoms with Crippen molar-refractivity contribution in [3.8, 4) is 5.75 Å². The second-order valence-electron chi connectivity index (χ2n) is 11.8. The molecule has 3 aromatic carbocycles. The zero-order valence-corrected chi connectivity index (χ0v) is 26.2. The van der Waals surface area contributed by atoms with Crippen molar-refractivity contribution in [1.29, 1.82) is 0 Å². The van der Waals surface area contributed by atoms with Gasteiger partial charge in [0.25, 0.3) is 0 Å². The van der Waals surface area contributed by atoms with Gasteiger partial charge in [-0.1, -0.05) is 30.2 Å². The van der Waals surface area contributed by atoms with E-state index < -0.39 is 0 Å². The normalized spacial score (nSPS) is 16.6. The molecule has 0 aliphatic carbocycles. The van der Waals surface area contributed by atoms with Crippen LogP contribution in [0.25, 0.3) is 10.9 Å². The third-order valence-corrected chi connectivity index (χ3v) is 8.75. The Morgan fingerprint density at radius 3 is 2.23 bits per heavy atom. The number of aromatic nitrogens is 1. The predicted molar refractivity (Wildman–Crippen MR) is 179 cm³/mol. The molecule has 8 nitrogen and oxygen atoms in total. The lowest BCUT2D eigenvalue weighted by atomic mass is 10.1. The van der Waals surface area contributed by atoms with E-state index >= 15 is 0 Å². The van der Waals surface area contributed by atoms with Crippen LogP contribution in [0.5, 0.6) is 5.75 Å². The van der Waals surface area contributed by atoms with E-state index in [2.05, 4.69) is 54.6 Å². The van der Waals surface area contributed by atoms with Crippen molar-refractivity contribution in [3.05, 3.63) is 89.1 Å². The molecule has 0 spiro atoms. The van der Waals surface area contributed by atoms with Crippen LogP contribution in [0.1, 0.15) is 30.4 Å². The highest BCUT2D eigenvalue weighted by atomic mass is 35.5. The smallest absolute Gasteiger partial charge is 0.238 e. The molecule has 44 heavy (non-hydrogen) atoms. The minimum absolute atomic E-state index is 0.0335. The van der Waals surface area contributed by atoms with E-state index in [-0.39, 0.29) is 5.91 Å². The fourth-order valence-corrected chi connectivity index (χ4v) is 6.35. The molecule has 2 N–H and O–H groups in total. The van der Waals surface area contributed by atoms with Gasteiger partial charge in [-0.3, -0.25) is 24.5 Å². The fourth-order valence-electron chi connectivity index (χ4n) is 6.19. The zero-order valence-electron chi connectivity index (χ0n) is 25.4. The van der Waals surface area contributed by atoms with E-state index in [1.807, 2.05) is 42.5 Å². The van der Waals surface area contributed by atoms with E-state index in [4.69, 9.17) is 16.3 Å². The van der Waals surface area contributed by atoms with Gasteiger partial charge >= 0.3 is 0 Å². The number of nitrogens with one attached hydrogen (secondary N) is 2. The number of methoxy groups -OCH3 is 1. The molecule has 0 atom stereocenters. The van der Waals surface area contributed by atoms with Crippen LogP contribution in [0.3, 0.4) is 0 Å². The van der Waals surface area contributed by atoms with Gasteiger partial charge in [-0.05, 0) is 91.7 Å². The number of fused-ring (bicyclic) bond motifs is 1. The maximum Gasteiger partial charge on any atom is 0.238 e. The second kappa shape index (κ2) is 14.4. The van der Waals surface area contributed by atoms with Gasteiger partial charge in [0.15, 0.2) is 0 Å². The summed E-state index contributed by atoms with van der Waals surface area (Å²) in [7, 11) is 1.70. The molecule has 0 radical (unpaired) electrons. The van der Waals surface area contributed by atoms with Crippen LogP contribution in [-0.2, 0) is 17.9 Å². The van der Waals surface area contributed by atoms with Crippen molar-refractivity contribution < 1.29 is 9.53 Å². The SMILES string of the molecule is COc1ccc(CN2CCN(Cc3cc(NC(=O)CN4CCCCC4)cc(Nc4ccnc5cc(Cl)ccc45)c3)CC2)cc1. The number of halogens is 1. The maximum atomic E-state index is 13.1. The molecule has 2 fully saturated rings. The molecule has 1 amide bonds. The quantitative estimate of drug-likeness (QED) is 0.215. The Morgan fingerprint density at radius 2 is 1.50 bits per heavy atom. The molecule has 9 heteroatoms. The van der Waals surface area contributed by atoms with E-state index in [1.165, 1.54) is 12.0 Å². The highest BCUT2D eigenvalue weighted by Gasteiger charge is 2.19. The number of piperazine rings is 1. The Labute approximate surface area is 265 Å². The molecule has 2 aliphatic heterocycles. The van der Waals surface area contributed by atoms with Crippen LogP contribution in [0, 0.1) is 0 Å². The average Bonchev–Trinajstić information content (AvgIpc) is 3.03. The number of carbonyl (C=O) groups is 1. The lowest BCUT2D eigenvalue weighted by Crippen LogP contribution is -2.45. The number of rotatable bonds is 10. The molecule has 0 bridgehead atoms. The number of hydrogen-bond acceptors (Lipinski definition) is 7. The van der Waals surface area contributed by atoms with Crippen LogP contribution in [-0.4, -0.2) is 78.5 Å². The van der Waals surface area contributed by atoms with Gasteiger partial charge in [-0.25, -0.2) is 0 Å². The fraction of sp³-hybridized carbons (Fsp3) is 0.371. The van der Waals surface area contributed by atoms with Crippen LogP contribution in [0.2, 0.25) is 5.02 Å². The number of carbonyl (C=O) groups excluding carboxylic acids is 1. The summed E-state index contributed by atoms with van der Waals surface area (Å²) < 4.78 is 5.30. The van der Waals surface area contributed by atoms with E-state index in [9.17, 15) is 4.79 Å². The van der Waals surface area contributed by atoms with Crippen molar-refractivity contribution in [3.63, 3.8) is 0 Å². The summed E-state index contributed by atoms with van der Waals surface area (Å²) in [6, 6.07) is 22.4. The lowest BCUT2D eigenvalue weighted by Gasteiger charge is -2.35. The zero-order chi connectivity index (χ0) is 30.3. The molecular weight excluding hydrogens is 572 g/mol. The van der Waals surface area contributed by atoms with Gasteiger partial charge in [0, 0.05) is 72.9 Å². The Hall–Kier alpha value is -3.69. The average molecular weight is 613 g/mol. The Kier molecular flexibility index (Phi) is 9.93. The maximum absolute atomic E-state index is 13.1. The molecule has 2 saturated heterocycles. The summed E-state index contributed by atoms with van der Waals surface area (Å²) in [4.78, 5) is 24.8. The monoisotopic (exact) mass is 612 g/mol. The summed E-state index contributed by atoms with van der Waals surface area (Å²) >= 11 is 6.23. The molecular formula is C35H41ClN6O2. The van der Waals surface area contributed by atoms with Crippen molar-refractivity contribution in [2.24, 2.45) is 0 Å². The first-order valence-corrected chi connectivity index (χ1v) is 15.9. The largest absolute Gasteiger partial charge is 0.497 e. The Balaban J connectivity index is 1.15. The highest BCUT2D eigenvalue weighted by Crippen LogP contribution is 2.29. The van der Waals surface area contributed by atoms with Crippen molar-refractivity contribution >= 4 is 45.5 Å². The number of piperidine rings is 1. The number of hydrogen-bond donors (Lipinski definition) is 2. The molecule has 230 valence electrons. The Bertz CT molecular complexity index is 1570. The van der Waals surface area contributed by atoms with Gasteiger partial charge in [0.2, 0.25) is 5.91 Å². The molecule has 6 rings (SSSR count). The third-order valence-electron chi connectivity index (χ3n) is 8.51. The van der Waals surface area contributed by atoms with E-state index in [0.717, 1.165) is 104 Å². The highest BCUT2D eigenvalue weighted by molar-refractivity contribution is 6.31. The lowest BCUT2D eigenvalue weighted by molar-refractivity contribution is -0.117. The number of benzene rings is 3. The van der Waals surface area contributed by atoms with Gasteiger partial charge in [0.05, 0.1) is 19.2 Å². The molecule has 4 aromatic rings. The number of anilines is 3. The minimum Gasteiger partial charge on any atom is -0.497 e. The summed E-state index contributed by atoms with van der Waals surface area (Å²) in [5.41, 5.74) is 5.98. The molecule has 1 aromatic heterocycles. The van der Waals surface area contributed by atoms with Crippen molar-refractivity contribution in [2.45, 2.75) is 32.4 Å². The molecule has 0 saturated carbocycles. The van der Waals surface area contributed by atoms with Gasteiger partial charge < -0.3 is 15.4 Å². The van der Waals surface area contributed by atoms with E-state index in [0.29, 0.717) is 11.6 Å². The van der Waals surface area contributed by atoms with Gasteiger partial charge in [-0.15, -0.1) is 0 Å². The van der Waals surface area contributed by atoms with Crippen LogP contribution in [0.4, 0.5) is 17.1 Å². The summed E-state index contributed by atoms with van der Waals surface area (Å²) in [5.74, 6) is 0.921. The standard InChI is InChI=1S/C35H41ClN6O2/c1-44-31-8-5-26(6-9-31)23-41-15-17-42(18-16-41)24-27-19-29(38-33-11-12-37-34-21-28(36)7-10-32(33)34)22-30(20-27)39-35(43)25-40-13-3-2-4-14-40/h5-12,19-22H,2-4,13-18,23-25H2,1H3,(H,37,38)(H,39,43). The van der Waals surface area contributed by atoms with Crippen molar-refractivity contribution in [1.82, 2.24) is 19.7 Å². The number of likely N-dealkylation sites (tertiary alicyclic amines) is 1. The summed E-state index contributed by atoms with van der Waals surface area (Å²) in [6.45, 7) is 8.15. The summed E-state index contributed by atoms with van der Waals surface area (Å²) in [6.07, 6.45) is 5.36.